The minimum atomic E-state index is -0.834. The topological polar surface area (TPSA) is 96.9 Å². The van der Waals surface area contributed by atoms with Crippen LogP contribution in [0, 0.1) is 0 Å². The van der Waals surface area contributed by atoms with Gasteiger partial charge in [-0.2, -0.15) is 5.10 Å². The molecule has 166 valence electrons. The summed E-state index contributed by atoms with van der Waals surface area (Å²) in [5, 5.41) is 6.68. The van der Waals surface area contributed by atoms with E-state index in [1.807, 2.05) is 66.7 Å². The summed E-state index contributed by atoms with van der Waals surface area (Å²) < 4.78 is 5.08. The Hall–Kier alpha value is -4.52. The van der Waals surface area contributed by atoms with Gasteiger partial charge < -0.3 is 10.1 Å². The molecule has 3 aromatic carbocycles. The Kier molecular flexibility index (Phi) is 8.25. The molecule has 2 N–H and O–H groups in total. The van der Waals surface area contributed by atoms with E-state index in [0.29, 0.717) is 11.3 Å². The van der Waals surface area contributed by atoms with E-state index in [-0.39, 0.29) is 5.70 Å². The zero-order chi connectivity index (χ0) is 23.5. The monoisotopic (exact) mass is 441 g/mol. The number of carbonyl (C=O) groups excluding carboxylic acids is 3. The molecule has 3 rings (SSSR count). The third-order valence-corrected chi connectivity index (χ3v) is 4.36. The lowest BCUT2D eigenvalue weighted by molar-refractivity contribution is -0.145. The predicted octanol–water partition coefficient (Wildman–Crippen LogP) is 3.28. The normalized spacial score (nSPS) is 10.6. The van der Waals surface area contributed by atoms with Crippen molar-refractivity contribution in [1.82, 2.24) is 10.7 Å². The standard InChI is InChI=1S/C26H23N3O4/c1-19(30)27-23(17-20-11-5-2-6-12-20)26(32)33-18-24(31)28-29-25(21-13-7-3-8-14-21)22-15-9-4-10-16-22/h2-17H,18H2,1H3,(H,27,30)(H,28,31)/b23-17-. The summed E-state index contributed by atoms with van der Waals surface area (Å²) >= 11 is 0. The van der Waals surface area contributed by atoms with Crippen LogP contribution in [0.1, 0.15) is 23.6 Å². The Morgan fingerprint density at radius 2 is 1.33 bits per heavy atom. The highest BCUT2D eigenvalue weighted by molar-refractivity contribution is 6.13. The number of benzene rings is 3. The molecule has 2 amide bonds. The van der Waals surface area contributed by atoms with Gasteiger partial charge in [-0.15, -0.1) is 0 Å². The van der Waals surface area contributed by atoms with E-state index in [1.165, 1.54) is 13.0 Å². The minimum Gasteiger partial charge on any atom is -0.451 e. The third-order valence-electron chi connectivity index (χ3n) is 4.36. The number of nitrogens with zero attached hydrogens (tertiary/aromatic N) is 1. The third kappa shape index (κ3) is 7.29. The summed E-state index contributed by atoms with van der Waals surface area (Å²) in [4.78, 5) is 36.2. The Labute approximate surface area is 191 Å². The lowest BCUT2D eigenvalue weighted by Gasteiger charge is -2.10. The summed E-state index contributed by atoms with van der Waals surface area (Å²) in [6.07, 6.45) is 1.47. The Morgan fingerprint density at radius 1 is 0.818 bits per heavy atom. The molecule has 7 nitrogen and oxygen atoms in total. The number of rotatable bonds is 8. The molecule has 0 heterocycles. The molecule has 0 radical (unpaired) electrons. The van der Waals surface area contributed by atoms with Crippen molar-refractivity contribution in [3.63, 3.8) is 0 Å². The summed E-state index contributed by atoms with van der Waals surface area (Å²) in [7, 11) is 0. The highest BCUT2D eigenvalue weighted by atomic mass is 16.5. The molecule has 0 spiro atoms. The van der Waals surface area contributed by atoms with Gasteiger partial charge in [0.25, 0.3) is 5.91 Å². The fraction of sp³-hybridized carbons (Fsp3) is 0.0769. The average Bonchev–Trinajstić information content (AvgIpc) is 2.84. The van der Waals surface area contributed by atoms with Crippen LogP contribution in [0.5, 0.6) is 0 Å². The zero-order valence-electron chi connectivity index (χ0n) is 18.0. The van der Waals surface area contributed by atoms with Gasteiger partial charge in [-0.3, -0.25) is 9.59 Å². The van der Waals surface area contributed by atoms with Crippen LogP contribution in [0.2, 0.25) is 0 Å². The first-order valence-electron chi connectivity index (χ1n) is 10.2. The smallest absolute Gasteiger partial charge is 0.355 e. The SMILES string of the molecule is CC(=O)N/C(=C\c1ccccc1)C(=O)OCC(=O)NN=C(c1ccccc1)c1ccccc1. The fourth-order valence-electron chi connectivity index (χ4n) is 2.90. The van der Waals surface area contributed by atoms with E-state index in [1.54, 1.807) is 24.3 Å². The largest absolute Gasteiger partial charge is 0.451 e. The van der Waals surface area contributed by atoms with Crippen molar-refractivity contribution in [3.05, 3.63) is 113 Å². The summed E-state index contributed by atoms with van der Waals surface area (Å²) in [5.74, 6) is -1.88. The van der Waals surface area contributed by atoms with Gasteiger partial charge in [0.05, 0.1) is 5.71 Å². The highest BCUT2D eigenvalue weighted by Gasteiger charge is 2.15. The quantitative estimate of drug-likeness (QED) is 0.243. The number of carbonyl (C=O) groups is 3. The van der Waals surface area contributed by atoms with Gasteiger partial charge in [-0.1, -0.05) is 91.0 Å². The first-order valence-corrected chi connectivity index (χ1v) is 10.2. The lowest BCUT2D eigenvalue weighted by atomic mass is 10.0. The van der Waals surface area contributed by atoms with Crippen LogP contribution < -0.4 is 10.7 Å². The Bertz CT molecular complexity index is 1120. The maximum atomic E-state index is 12.4. The number of ether oxygens (including phenoxy) is 1. The molecule has 33 heavy (non-hydrogen) atoms. The molecule has 0 aliphatic heterocycles. The number of hydrogen-bond acceptors (Lipinski definition) is 5. The molecular weight excluding hydrogens is 418 g/mol. The molecule has 0 atom stereocenters. The van der Waals surface area contributed by atoms with Crippen molar-refractivity contribution in [1.29, 1.82) is 0 Å². The first kappa shape index (κ1) is 23.1. The fourth-order valence-corrected chi connectivity index (χ4v) is 2.90. The van der Waals surface area contributed by atoms with Crippen LogP contribution in [0.3, 0.4) is 0 Å². The Balaban J connectivity index is 1.68. The second-order valence-corrected chi connectivity index (χ2v) is 6.95. The molecular formula is C26H23N3O4. The first-order chi connectivity index (χ1) is 16.0. The molecule has 3 aromatic rings. The number of esters is 1. The second kappa shape index (κ2) is 11.8. The van der Waals surface area contributed by atoms with Gasteiger partial charge in [-0.25, -0.2) is 10.2 Å². The molecule has 0 saturated carbocycles. The number of amides is 2. The molecule has 0 saturated heterocycles. The van der Waals surface area contributed by atoms with Crippen LogP contribution >= 0.6 is 0 Å². The van der Waals surface area contributed by atoms with Gasteiger partial charge in [-0.05, 0) is 11.6 Å². The maximum absolute atomic E-state index is 12.4. The van der Waals surface area contributed by atoms with E-state index in [4.69, 9.17) is 4.74 Å². The minimum absolute atomic E-state index is 0.0701. The summed E-state index contributed by atoms with van der Waals surface area (Å²) in [6.45, 7) is 0.715. The highest BCUT2D eigenvalue weighted by Crippen LogP contribution is 2.10. The lowest BCUT2D eigenvalue weighted by Crippen LogP contribution is -2.30. The van der Waals surface area contributed by atoms with Crippen LogP contribution in [-0.4, -0.2) is 30.1 Å². The van der Waals surface area contributed by atoms with E-state index >= 15 is 0 Å². The summed E-state index contributed by atoms with van der Waals surface area (Å²) in [5.41, 5.74) is 5.26. The van der Waals surface area contributed by atoms with Crippen molar-refractivity contribution in [2.45, 2.75) is 6.92 Å². The maximum Gasteiger partial charge on any atom is 0.355 e. The predicted molar refractivity (Wildman–Crippen MR) is 126 cm³/mol. The van der Waals surface area contributed by atoms with Gasteiger partial charge in [0.1, 0.15) is 5.70 Å². The second-order valence-electron chi connectivity index (χ2n) is 6.95. The van der Waals surface area contributed by atoms with E-state index in [2.05, 4.69) is 15.8 Å². The van der Waals surface area contributed by atoms with Crippen molar-refractivity contribution < 1.29 is 19.1 Å². The van der Waals surface area contributed by atoms with Gasteiger partial charge in [0.15, 0.2) is 6.61 Å². The number of hydrazone groups is 1. The van der Waals surface area contributed by atoms with Crippen LogP contribution in [0.15, 0.2) is 102 Å². The van der Waals surface area contributed by atoms with Crippen LogP contribution in [0.25, 0.3) is 6.08 Å². The molecule has 0 aliphatic rings. The van der Waals surface area contributed by atoms with E-state index in [9.17, 15) is 14.4 Å². The van der Waals surface area contributed by atoms with Crippen molar-refractivity contribution in [3.8, 4) is 0 Å². The van der Waals surface area contributed by atoms with Crippen LogP contribution in [0.4, 0.5) is 0 Å². The van der Waals surface area contributed by atoms with Gasteiger partial charge >= 0.3 is 5.97 Å². The van der Waals surface area contributed by atoms with Crippen LogP contribution in [-0.2, 0) is 19.1 Å². The molecule has 0 aromatic heterocycles. The van der Waals surface area contributed by atoms with E-state index < -0.39 is 24.4 Å². The molecule has 7 heteroatoms. The van der Waals surface area contributed by atoms with E-state index in [0.717, 1.165) is 11.1 Å². The molecule has 0 aliphatic carbocycles. The van der Waals surface area contributed by atoms with Crippen molar-refractivity contribution in [2.75, 3.05) is 6.61 Å². The molecule has 0 bridgehead atoms. The number of nitrogens with one attached hydrogen (secondary N) is 2. The van der Waals surface area contributed by atoms with Gasteiger partial charge in [0, 0.05) is 18.1 Å². The zero-order valence-corrected chi connectivity index (χ0v) is 18.0. The molecule has 0 fully saturated rings. The molecule has 0 unspecified atom stereocenters. The number of hydrogen-bond donors (Lipinski definition) is 2. The van der Waals surface area contributed by atoms with Crippen molar-refractivity contribution in [2.24, 2.45) is 5.10 Å². The average molecular weight is 441 g/mol. The van der Waals surface area contributed by atoms with Gasteiger partial charge in [0.2, 0.25) is 5.91 Å². The summed E-state index contributed by atoms with van der Waals surface area (Å²) in [6, 6.07) is 27.8. The van der Waals surface area contributed by atoms with Crippen molar-refractivity contribution >= 4 is 29.6 Å². The Morgan fingerprint density at radius 3 is 1.85 bits per heavy atom.